The Morgan fingerprint density at radius 1 is 1.12 bits per heavy atom. The van der Waals surface area contributed by atoms with Crippen molar-refractivity contribution < 1.29 is 9.59 Å². The van der Waals surface area contributed by atoms with Gasteiger partial charge in [-0.15, -0.1) is 0 Å². The van der Waals surface area contributed by atoms with Crippen molar-refractivity contribution in [2.75, 3.05) is 6.54 Å². The Morgan fingerprint density at radius 2 is 1.83 bits per heavy atom. The number of rotatable bonds is 4. The van der Waals surface area contributed by atoms with Gasteiger partial charge in [0.2, 0.25) is 0 Å². The van der Waals surface area contributed by atoms with Crippen LogP contribution in [0, 0.1) is 0 Å². The predicted octanol–water partition coefficient (Wildman–Crippen LogP) is 1.12. The molecular weight excluding hydrogens is 306 g/mol. The molecular formula is C17H15N5O2. The molecule has 1 unspecified atom stereocenters. The van der Waals surface area contributed by atoms with Crippen molar-refractivity contribution in [2.24, 2.45) is 5.73 Å². The lowest BCUT2D eigenvalue weighted by atomic mass is 10.1. The largest absolute Gasteiger partial charge is 0.326 e. The number of nitrogens with one attached hydrogen (secondary N) is 1. The van der Waals surface area contributed by atoms with Crippen molar-refractivity contribution in [1.82, 2.24) is 20.1 Å². The summed E-state index contributed by atoms with van der Waals surface area (Å²) in [4.78, 5) is 30.2. The minimum atomic E-state index is -0.363. The fourth-order valence-corrected chi connectivity index (χ4v) is 3.00. The van der Waals surface area contributed by atoms with E-state index in [4.69, 9.17) is 5.73 Å². The lowest BCUT2D eigenvalue weighted by Gasteiger charge is -2.19. The number of benzene rings is 1. The van der Waals surface area contributed by atoms with Crippen LogP contribution < -0.4 is 5.73 Å². The summed E-state index contributed by atoms with van der Waals surface area (Å²) < 4.78 is 0. The van der Waals surface area contributed by atoms with Crippen LogP contribution in [0.4, 0.5) is 0 Å². The average molecular weight is 321 g/mol. The third-order valence-corrected chi connectivity index (χ3v) is 4.14. The van der Waals surface area contributed by atoms with Crippen LogP contribution in [-0.4, -0.2) is 44.5 Å². The predicted molar refractivity (Wildman–Crippen MR) is 87.4 cm³/mol. The van der Waals surface area contributed by atoms with Gasteiger partial charge in [0, 0.05) is 24.2 Å². The van der Waals surface area contributed by atoms with Crippen molar-refractivity contribution in [3.05, 3.63) is 59.4 Å². The van der Waals surface area contributed by atoms with Crippen LogP contribution in [-0.2, 0) is 6.42 Å². The van der Waals surface area contributed by atoms with Crippen molar-refractivity contribution >= 4 is 22.8 Å². The van der Waals surface area contributed by atoms with Gasteiger partial charge in [0.1, 0.15) is 0 Å². The summed E-state index contributed by atoms with van der Waals surface area (Å²) in [6.45, 7) is 0.176. The molecule has 3 heterocycles. The van der Waals surface area contributed by atoms with E-state index in [0.717, 1.165) is 10.9 Å². The van der Waals surface area contributed by atoms with Crippen molar-refractivity contribution in [2.45, 2.75) is 12.5 Å². The highest BCUT2D eigenvalue weighted by atomic mass is 16.2. The monoisotopic (exact) mass is 321 g/mol. The Kier molecular flexibility index (Phi) is 3.35. The number of nitrogens with two attached hydrogens (primary N) is 1. The minimum absolute atomic E-state index is 0.176. The van der Waals surface area contributed by atoms with Crippen LogP contribution in [0.3, 0.4) is 0 Å². The van der Waals surface area contributed by atoms with Crippen molar-refractivity contribution in [3.8, 4) is 0 Å². The number of carbonyl (C=O) groups excluding carboxylic acids is 2. The maximum absolute atomic E-state index is 12.4. The topological polar surface area (TPSA) is 105 Å². The molecule has 0 spiro atoms. The molecule has 2 aromatic heterocycles. The summed E-state index contributed by atoms with van der Waals surface area (Å²) in [5, 5.41) is 7.63. The number of aromatic amines is 1. The molecule has 120 valence electrons. The number of fused-ring (bicyclic) bond motifs is 2. The highest BCUT2D eigenvalue weighted by molar-refractivity contribution is 6.21. The van der Waals surface area contributed by atoms with E-state index in [1.165, 1.54) is 4.90 Å². The molecule has 2 amide bonds. The molecule has 24 heavy (non-hydrogen) atoms. The van der Waals surface area contributed by atoms with E-state index in [1.807, 2.05) is 6.07 Å². The van der Waals surface area contributed by atoms with Gasteiger partial charge >= 0.3 is 0 Å². The van der Waals surface area contributed by atoms with Gasteiger partial charge in [-0.25, -0.2) is 4.98 Å². The molecule has 0 saturated heterocycles. The number of pyridine rings is 1. The zero-order valence-electron chi connectivity index (χ0n) is 12.8. The SMILES string of the molecule is NC(Cc1cnc2[nH]ncc2c1)CN1C(=O)c2ccccc2C1=O. The van der Waals surface area contributed by atoms with Crippen LogP contribution in [0.5, 0.6) is 0 Å². The fourth-order valence-electron chi connectivity index (χ4n) is 3.00. The summed E-state index contributed by atoms with van der Waals surface area (Å²) in [6.07, 6.45) is 3.94. The number of amides is 2. The summed E-state index contributed by atoms with van der Waals surface area (Å²) >= 11 is 0. The van der Waals surface area contributed by atoms with Gasteiger partial charge in [-0.1, -0.05) is 12.1 Å². The maximum Gasteiger partial charge on any atom is 0.261 e. The standard InChI is InChI=1S/C17H15N5O2/c18-12(6-10-5-11-8-20-21-15(11)19-7-10)9-22-16(23)13-3-1-2-4-14(13)17(22)24/h1-5,7-8,12H,6,9,18H2,(H,19,20,21). The number of H-pyrrole nitrogens is 1. The molecule has 1 aliphatic rings. The molecule has 0 fully saturated rings. The molecule has 3 aromatic rings. The van der Waals surface area contributed by atoms with Gasteiger partial charge in [-0.05, 0) is 30.2 Å². The lowest BCUT2D eigenvalue weighted by molar-refractivity contribution is 0.0644. The van der Waals surface area contributed by atoms with E-state index in [1.54, 1.807) is 36.7 Å². The molecule has 4 rings (SSSR count). The molecule has 0 aliphatic carbocycles. The van der Waals surface area contributed by atoms with E-state index < -0.39 is 0 Å². The smallest absolute Gasteiger partial charge is 0.261 e. The Balaban J connectivity index is 1.49. The zero-order chi connectivity index (χ0) is 16.7. The minimum Gasteiger partial charge on any atom is -0.326 e. The molecule has 0 bridgehead atoms. The third-order valence-electron chi connectivity index (χ3n) is 4.14. The van der Waals surface area contributed by atoms with Gasteiger partial charge in [0.25, 0.3) is 11.8 Å². The van der Waals surface area contributed by atoms with E-state index in [0.29, 0.717) is 23.2 Å². The average Bonchev–Trinajstić information content (AvgIpc) is 3.14. The summed E-state index contributed by atoms with van der Waals surface area (Å²) in [5.74, 6) is -0.566. The second kappa shape index (κ2) is 5.54. The van der Waals surface area contributed by atoms with Crippen molar-refractivity contribution in [3.63, 3.8) is 0 Å². The van der Waals surface area contributed by atoms with E-state index in [9.17, 15) is 9.59 Å². The van der Waals surface area contributed by atoms with Crippen LogP contribution >= 0.6 is 0 Å². The Hall–Kier alpha value is -3.06. The molecule has 7 nitrogen and oxygen atoms in total. The normalized spacial score (nSPS) is 15.1. The Bertz CT molecular complexity index is 914. The van der Waals surface area contributed by atoms with Crippen LogP contribution in [0.25, 0.3) is 11.0 Å². The highest BCUT2D eigenvalue weighted by Crippen LogP contribution is 2.22. The second-order valence-corrected chi connectivity index (χ2v) is 5.88. The zero-order valence-corrected chi connectivity index (χ0v) is 12.8. The van der Waals surface area contributed by atoms with Gasteiger partial charge in [-0.3, -0.25) is 19.6 Å². The van der Waals surface area contributed by atoms with Gasteiger partial charge in [0.05, 0.1) is 17.3 Å². The summed E-state index contributed by atoms with van der Waals surface area (Å²) in [6, 6.07) is 8.42. The first-order valence-electron chi connectivity index (χ1n) is 7.62. The maximum atomic E-state index is 12.4. The number of imide groups is 1. The second-order valence-electron chi connectivity index (χ2n) is 5.88. The number of carbonyl (C=O) groups is 2. The Morgan fingerprint density at radius 3 is 2.54 bits per heavy atom. The number of hydrogen-bond donors (Lipinski definition) is 2. The molecule has 1 aliphatic heterocycles. The van der Waals surface area contributed by atoms with Crippen LogP contribution in [0.1, 0.15) is 26.3 Å². The molecule has 1 atom stereocenters. The molecule has 3 N–H and O–H groups in total. The lowest BCUT2D eigenvalue weighted by Crippen LogP contribution is -2.41. The third kappa shape index (κ3) is 2.35. The van der Waals surface area contributed by atoms with E-state index in [2.05, 4.69) is 15.2 Å². The summed E-state index contributed by atoms with van der Waals surface area (Å²) in [7, 11) is 0. The molecule has 0 saturated carbocycles. The van der Waals surface area contributed by atoms with E-state index in [-0.39, 0.29) is 24.4 Å². The number of nitrogens with zero attached hydrogens (tertiary/aromatic N) is 3. The van der Waals surface area contributed by atoms with Gasteiger partial charge in [-0.2, -0.15) is 5.10 Å². The van der Waals surface area contributed by atoms with Crippen LogP contribution in [0.15, 0.2) is 42.7 Å². The molecule has 1 aromatic carbocycles. The molecule has 0 radical (unpaired) electrons. The van der Waals surface area contributed by atoms with Gasteiger partial charge < -0.3 is 5.73 Å². The first kappa shape index (κ1) is 14.5. The fraction of sp³-hybridized carbons (Fsp3) is 0.176. The highest BCUT2D eigenvalue weighted by Gasteiger charge is 2.35. The first-order valence-corrected chi connectivity index (χ1v) is 7.62. The van der Waals surface area contributed by atoms with Crippen LogP contribution in [0.2, 0.25) is 0 Å². The first-order chi connectivity index (χ1) is 11.6. The van der Waals surface area contributed by atoms with Crippen molar-refractivity contribution in [1.29, 1.82) is 0 Å². The number of aromatic nitrogens is 3. The van der Waals surface area contributed by atoms with E-state index >= 15 is 0 Å². The Labute approximate surface area is 137 Å². The number of hydrogen-bond acceptors (Lipinski definition) is 5. The summed E-state index contributed by atoms with van der Waals surface area (Å²) in [5.41, 5.74) is 8.70. The quantitative estimate of drug-likeness (QED) is 0.701. The molecule has 7 heteroatoms. The van der Waals surface area contributed by atoms with Gasteiger partial charge in [0.15, 0.2) is 5.65 Å².